The van der Waals surface area contributed by atoms with Crippen molar-refractivity contribution in [2.75, 3.05) is 0 Å². The number of nitrogens with zero attached hydrogens (tertiary/aromatic N) is 2. The average molecular weight is 530 g/mol. The minimum atomic E-state index is -0.301. The quantitative estimate of drug-likeness (QED) is 0.267. The third-order valence-corrected chi connectivity index (χ3v) is 5.69. The van der Waals surface area contributed by atoms with Gasteiger partial charge in [0.2, 0.25) is 11.8 Å². The molecule has 0 fully saturated rings. The zero-order chi connectivity index (χ0) is 24.4. The van der Waals surface area contributed by atoms with Gasteiger partial charge in [0.05, 0.1) is 21.5 Å². The Labute approximate surface area is 213 Å². The second-order valence-electron chi connectivity index (χ2n) is 7.00. The molecule has 2 aromatic carbocycles. The SMILES string of the molecule is CCC(=NNC(=O)CCCC(=O)NN=C(CC)c1ccc(Cl)cc1Cl)c1ccc(Cl)cc1Cl. The number of hydrazone groups is 2. The van der Waals surface area contributed by atoms with E-state index >= 15 is 0 Å². The summed E-state index contributed by atoms with van der Waals surface area (Å²) >= 11 is 24.3. The summed E-state index contributed by atoms with van der Waals surface area (Å²) in [5, 5.41) is 10.3. The van der Waals surface area contributed by atoms with Crippen molar-refractivity contribution in [3.05, 3.63) is 67.6 Å². The summed E-state index contributed by atoms with van der Waals surface area (Å²) in [6.07, 6.45) is 1.75. The van der Waals surface area contributed by atoms with Crippen LogP contribution in [0.2, 0.25) is 20.1 Å². The van der Waals surface area contributed by atoms with Gasteiger partial charge >= 0.3 is 0 Å². The Hall–Kier alpha value is -2.12. The minimum absolute atomic E-state index is 0.135. The highest BCUT2D eigenvalue weighted by atomic mass is 35.5. The van der Waals surface area contributed by atoms with E-state index in [9.17, 15) is 9.59 Å². The average Bonchev–Trinajstić information content (AvgIpc) is 2.76. The molecule has 0 bridgehead atoms. The van der Waals surface area contributed by atoms with Gasteiger partial charge in [0.1, 0.15) is 0 Å². The molecular weight excluding hydrogens is 506 g/mol. The molecule has 6 nitrogen and oxygen atoms in total. The molecule has 0 aliphatic rings. The Kier molecular flexibility index (Phi) is 11.1. The van der Waals surface area contributed by atoms with E-state index in [1.54, 1.807) is 36.4 Å². The first kappa shape index (κ1) is 27.1. The van der Waals surface area contributed by atoms with Gasteiger partial charge in [-0.1, -0.05) is 72.4 Å². The van der Waals surface area contributed by atoms with Crippen molar-refractivity contribution in [3.63, 3.8) is 0 Å². The van der Waals surface area contributed by atoms with Gasteiger partial charge in [-0.3, -0.25) is 9.59 Å². The first-order chi connectivity index (χ1) is 15.7. The zero-order valence-corrected chi connectivity index (χ0v) is 21.2. The van der Waals surface area contributed by atoms with Crippen LogP contribution in [0.1, 0.15) is 57.1 Å². The Morgan fingerprint density at radius 3 is 1.45 bits per heavy atom. The van der Waals surface area contributed by atoms with Crippen LogP contribution in [-0.2, 0) is 9.59 Å². The van der Waals surface area contributed by atoms with Crippen LogP contribution < -0.4 is 10.9 Å². The predicted molar refractivity (Wildman–Crippen MR) is 137 cm³/mol. The van der Waals surface area contributed by atoms with Crippen LogP contribution in [0, 0.1) is 0 Å². The molecule has 0 aliphatic heterocycles. The molecular formula is C23H24Cl4N4O2. The van der Waals surface area contributed by atoms with Gasteiger partial charge in [-0.05, 0) is 43.5 Å². The fourth-order valence-electron chi connectivity index (χ4n) is 2.89. The molecule has 10 heteroatoms. The van der Waals surface area contributed by atoms with Crippen LogP contribution in [0.5, 0.6) is 0 Å². The summed E-state index contributed by atoms with van der Waals surface area (Å²) < 4.78 is 0. The van der Waals surface area contributed by atoms with E-state index in [2.05, 4.69) is 21.1 Å². The van der Waals surface area contributed by atoms with Crippen LogP contribution in [-0.4, -0.2) is 23.2 Å². The molecule has 2 N–H and O–H groups in total. The monoisotopic (exact) mass is 528 g/mol. The molecule has 0 heterocycles. The van der Waals surface area contributed by atoms with Gasteiger partial charge in [-0.2, -0.15) is 10.2 Å². The Morgan fingerprint density at radius 2 is 1.12 bits per heavy atom. The van der Waals surface area contributed by atoms with Gasteiger partial charge in [0.15, 0.2) is 0 Å². The normalized spacial score (nSPS) is 11.9. The maximum absolute atomic E-state index is 12.1. The maximum atomic E-state index is 12.1. The molecule has 2 rings (SSSR count). The molecule has 0 aliphatic carbocycles. The maximum Gasteiger partial charge on any atom is 0.240 e. The van der Waals surface area contributed by atoms with E-state index in [1.165, 1.54) is 0 Å². The summed E-state index contributed by atoms with van der Waals surface area (Å²) in [4.78, 5) is 24.2. The van der Waals surface area contributed by atoms with E-state index in [-0.39, 0.29) is 24.7 Å². The molecule has 0 atom stereocenters. The lowest BCUT2D eigenvalue weighted by Gasteiger charge is -2.08. The lowest BCUT2D eigenvalue weighted by Crippen LogP contribution is -2.22. The van der Waals surface area contributed by atoms with Gasteiger partial charge < -0.3 is 0 Å². The third-order valence-electron chi connectivity index (χ3n) is 4.59. The van der Waals surface area contributed by atoms with Gasteiger partial charge in [0.25, 0.3) is 0 Å². The highest BCUT2D eigenvalue weighted by Crippen LogP contribution is 2.23. The van der Waals surface area contributed by atoms with Crippen molar-refractivity contribution in [1.82, 2.24) is 10.9 Å². The molecule has 0 unspecified atom stereocenters. The molecule has 0 spiro atoms. The molecule has 0 saturated heterocycles. The number of carbonyl (C=O) groups is 2. The van der Waals surface area contributed by atoms with Crippen molar-refractivity contribution < 1.29 is 9.59 Å². The van der Waals surface area contributed by atoms with Gasteiger partial charge in [0, 0.05) is 34.0 Å². The van der Waals surface area contributed by atoms with Crippen molar-refractivity contribution >= 4 is 69.6 Å². The van der Waals surface area contributed by atoms with E-state index in [0.29, 0.717) is 61.9 Å². The fourth-order valence-corrected chi connectivity index (χ4v) is 3.92. The fraction of sp³-hybridized carbons (Fsp3) is 0.304. The van der Waals surface area contributed by atoms with Crippen molar-refractivity contribution in [3.8, 4) is 0 Å². The predicted octanol–water partition coefficient (Wildman–Crippen LogP) is 6.63. The van der Waals surface area contributed by atoms with Crippen LogP contribution >= 0.6 is 46.4 Å². The standard InChI is InChI=1S/C23H24Cl4N4O2/c1-3-20(16-10-8-14(24)12-18(16)26)28-30-22(32)6-5-7-23(33)31-29-21(4-2)17-11-9-15(25)13-19(17)27/h8-13H,3-7H2,1-2H3,(H,30,32)(H,31,33). The largest absolute Gasteiger partial charge is 0.273 e. The summed E-state index contributed by atoms with van der Waals surface area (Å²) in [5.74, 6) is -0.603. The molecule has 2 aromatic rings. The Morgan fingerprint density at radius 1 is 0.727 bits per heavy atom. The lowest BCUT2D eigenvalue weighted by molar-refractivity contribution is -0.122. The van der Waals surface area contributed by atoms with Crippen LogP contribution in [0.3, 0.4) is 0 Å². The summed E-state index contributed by atoms with van der Waals surface area (Å²) in [6.45, 7) is 3.81. The van der Waals surface area contributed by atoms with E-state index in [0.717, 1.165) is 0 Å². The second kappa shape index (κ2) is 13.6. The third kappa shape index (κ3) is 8.63. The highest BCUT2D eigenvalue weighted by molar-refractivity contribution is 6.37. The number of amides is 2. The number of hydrogen-bond donors (Lipinski definition) is 2. The van der Waals surface area contributed by atoms with Crippen molar-refractivity contribution in [1.29, 1.82) is 0 Å². The van der Waals surface area contributed by atoms with Crippen molar-refractivity contribution in [2.45, 2.75) is 46.0 Å². The minimum Gasteiger partial charge on any atom is -0.273 e. The Balaban J connectivity index is 1.85. The van der Waals surface area contributed by atoms with Crippen LogP contribution in [0.4, 0.5) is 0 Å². The topological polar surface area (TPSA) is 82.9 Å². The Bertz CT molecular complexity index is 987. The number of carbonyl (C=O) groups excluding carboxylic acids is 2. The number of nitrogens with one attached hydrogen (secondary N) is 2. The molecule has 0 radical (unpaired) electrons. The first-order valence-corrected chi connectivity index (χ1v) is 11.9. The molecule has 176 valence electrons. The first-order valence-electron chi connectivity index (χ1n) is 10.4. The number of benzene rings is 2. The molecule has 2 amide bonds. The smallest absolute Gasteiger partial charge is 0.240 e. The number of halogens is 4. The van der Waals surface area contributed by atoms with Gasteiger partial charge in [-0.25, -0.2) is 10.9 Å². The molecule has 33 heavy (non-hydrogen) atoms. The lowest BCUT2D eigenvalue weighted by atomic mass is 10.1. The van der Waals surface area contributed by atoms with E-state index < -0.39 is 0 Å². The number of rotatable bonds is 10. The van der Waals surface area contributed by atoms with E-state index in [4.69, 9.17) is 46.4 Å². The van der Waals surface area contributed by atoms with Crippen LogP contribution in [0.15, 0.2) is 46.6 Å². The number of hydrogen-bond acceptors (Lipinski definition) is 4. The van der Waals surface area contributed by atoms with Gasteiger partial charge in [-0.15, -0.1) is 0 Å². The summed E-state index contributed by atoms with van der Waals surface area (Å²) in [7, 11) is 0. The molecule has 0 saturated carbocycles. The van der Waals surface area contributed by atoms with E-state index in [1.807, 2.05) is 13.8 Å². The van der Waals surface area contributed by atoms with Crippen molar-refractivity contribution in [2.24, 2.45) is 10.2 Å². The summed E-state index contributed by atoms with van der Waals surface area (Å²) in [6, 6.07) is 10.2. The zero-order valence-electron chi connectivity index (χ0n) is 18.2. The summed E-state index contributed by atoms with van der Waals surface area (Å²) in [5.41, 5.74) is 7.69. The molecule has 0 aromatic heterocycles. The van der Waals surface area contributed by atoms with Crippen LogP contribution in [0.25, 0.3) is 0 Å². The highest BCUT2D eigenvalue weighted by Gasteiger charge is 2.11. The second-order valence-corrected chi connectivity index (χ2v) is 8.68.